The number of hydrogen-bond donors (Lipinski definition) is 3. The highest BCUT2D eigenvalue weighted by molar-refractivity contribution is 6.01. The van der Waals surface area contributed by atoms with Crippen LogP contribution >= 0.6 is 0 Å². The maximum atomic E-state index is 12.4. The molecule has 6 rings (SSSR count). The maximum Gasteiger partial charge on any atom is 0.250 e. The smallest absolute Gasteiger partial charge is 0.250 e. The van der Waals surface area contributed by atoms with Gasteiger partial charge in [-0.3, -0.25) is 14.7 Å². The van der Waals surface area contributed by atoms with Crippen LogP contribution in [0.5, 0.6) is 5.75 Å². The van der Waals surface area contributed by atoms with Crippen molar-refractivity contribution < 1.29 is 14.3 Å². The molecular weight excluding hydrogens is 518 g/mol. The van der Waals surface area contributed by atoms with E-state index in [2.05, 4.69) is 32.1 Å². The number of amides is 2. The minimum atomic E-state index is -0.449. The predicted molar refractivity (Wildman–Crippen MR) is 161 cm³/mol. The first kappa shape index (κ1) is 26.5. The summed E-state index contributed by atoms with van der Waals surface area (Å²) < 4.78 is 6.49. The van der Waals surface area contributed by atoms with Gasteiger partial charge in [-0.15, -0.1) is 0 Å². The Morgan fingerprint density at radius 1 is 0.902 bits per heavy atom. The van der Waals surface area contributed by atoms with Gasteiger partial charge in [-0.05, 0) is 47.5 Å². The van der Waals surface area contributed by atoms with Gasteiger partial charge in [0.05, 0.1) is 22.2 Å². The lowest BCUT2D eigenvalue weighted by Crippen LogP contribution is -2.47. The number of nitrogens with two attached hydrogens (primary N) is 2. The monoisotopic (exact) mass is 553 g/mol. The van der Waals surface area contributed by atoms with E-state index in [9.17, 15) is 9.59 Å². The SMILES string of the molecule is CC(=O)N1CCC(Oc2cc(-c3ccc(C(N)=O)c(N4CCN(c5ccccc5)CC4)c3)cc3[nH]nc(N)c23)CC1. The van der Waals surface area contributed by atoms with Crippen molar-refractivity contribution in [3.63, 3.8) is 0 Å². The number of hydrogen-bond acceptors (Lipinski definition) is 7. The summed E-state index contributed by atoms with van der Waals surface area (Å²) in [6.07, 6.45) is 1.46. The Hall–Kier alpha value is -4.73. The van der Waals surface area contributed by atoms with E-state index in [-0.39, 0.29) is 12.0 Å². The molecule has 3 heterocycles. The van der Waals surface area contributed by atoms with Gasteiger partial charge in [0.25, 0.3) is 5.91 Å². The van der Waals surface area contributed by atoms with E-state index in [1.165, 1.54) is 5.69 Å². The van der Waals surface area contributed by atoms with E-state index < -0.39 is 5.91 Å². The average molecular weight is 554 g/mol. The maximum absolute atomic E-state index is 12.4. The lowest BCUT2D eigenvalue weighted by atomic mass is 9.99. The second kappa shape index (κ2) is 11.0. The molecule has 2 fully saturated rings. The fourth-order valence-corrected chi connectivity index (χ4v) is 5.90. The zero-order chi connectivity index (χ0) is 28.5. The number of rotatable bonds is 6. The summed E-state index contributed by atoms with van der Waals surface area (Å²) in [4.78, 5) is 30.6. The largest absolute Gasteiger partial charge is 0.489 e. The molecule has 1 aromatic heterocycles. The van der Waals surface area contributed by atoms with Crippen molar-refractivity contribution in [3.8, 4) is 16.9 Å². The highest BCUT2D eigenvalue weighted by Crippen LogP contribution is 2.38. The van der Waals surface area contributed by atoms with Gasteiger partial charge in [0.2, 0.25) is 5.91 Å². The Labute approximate surface area is 238 Å². The van der Waals surface area contributed by atoms with Gasteiger partial charge in [-0.2, -0.15) is 5.10 Å². The van der Waals surface area contributed by atoms with Gasteiger partial charge >= 0.3 is 0 Å². The van der Waals surface area contributed by atoms with Crippen molar-refractivity contribution in [1.29, 1.82) is 0 Å². The zero-order valence-corrected chi connectivity index (χ0v) is 23.2. The number of benzene rings is 3. The molecule has 2 amide bonds. The number of piperidine rings is 1. The van der Waals surface area contributed by atoms with E-state index in [4.69, 9.17) is 16.2 Å². The lowest BCUT2D eigenvalue weighted by Gasteiger charge is -2.38. The van der Waals surface area contributed by atoms with E-state index >= 15 is 0 Å². The molecule has 212 valence electrons. The number of nitrogens with one attached hydrogen (secondary N) is 1. The molecule has 0 atom stereocenters. The molecule has 0 saturated carbocycles. The second-order valence-electron chi connectivity index (χ2n) is 10.7. The molecule has 2 saturated heterocycles. The molecule has 41 heavy (non-hydrogen) atoms. The molecule has 2 aliphatic heterocycles. The van der Waals surface area contributed by atoms with Crippen molar-refractivity contribution in [2.75, 3.05) is 54.8 Å². The number of carbonyl (C=O) groups is 2. The van der Waals surface area contributed by atoms with Crippen LogP contribution in [0, 0.1) is 0 Å². The lowest BCUT2D eigenvalue weighted by molar-refractivity contribution is -0.130. The number of likely N-dealkylation sites (tertiary alicyclic amines) is 1. The molecule has 5 N–H and O–H groups in total. The number of nitrogen functional groups attached to an aromatic ring is 1. The van der Waals surface area contributed by atoms with Crippen molar-refractivity contribution in [2.45, 2.75) is 25.9 Å². The van der Waals surface area contributed by atoms with Crippen molar-refractivity contribution in [3.05, 3.63) is 66.2 Å². The summed E-state index contributed by atoms with van der Waals surface area (Å²) in [6.45, 7) is 6.14. The van der Waals surface area contributed by atoms with Gasteiger partial charge in [-0.25, -0.2) is 0 Å². The number of primary amides is 1. The number of carbonyl (C=O) groups excluding carboxylic acids is 2. The number of H-pyrrole nitrogens is 1. The Morgan fingerprint density at radius 2 is 1.61 bits per heavy atom. The average Bonchev–Trinajstić information content (AvgIpc) is 3.38. The van der Waals surface area contributed by atoms with Crippen LogP contribution in [0.15, 0.2) is 60.7 Å². The standard InChI is InChI=1S/C31H35N7O3/c1-20(39)36-11-9-24(10-12-36)41-28-19-22(17-26-29(28)30(32)35-34-26)21-7-8-25(31(33)40)27(18-21)38-15-13-37(14-16-38)23-5-3-2-4-6-23/h2-8,17-19,24H,9-16H2,1H3,(H2,33,40)(H3,32,34,35). The highest BCUT2D eigenvalue weighted by Gasteiger charge is 2.25. The molecule has 0 unspecified atom stereocenters. The van der Waals surface area contributed by atoms with E-state index in [1.54, 1.807) is 13.0 Å². The van der Waals surface area contributed by atoms with Crippen LogP contribution in [-0.4, -0.2) is 72.3 Å². The number of aromatic amines is 1. The van der Waals surface area contributed by atoms with Gasteiger partial charge in [0, 0.05) is 64.7 Å². The van der Waals surface area contributed by atoms with Crippen LogP contribution < -0.4 is 26.0 Å². The van der Waals surface area contributed by atoms with E-state index in [0.29, 0.717) is 30.2 Å². The normalized spacial score (nSPS) is 16.3. The Bertz CT molecular complexity index is 1570. The van der Waals surface area contributed by atoms with Crippen LogP contribution in [0.25, 0.3) is 22.0 Å². The molecule has 4 aromatic rings. The van der Waals surface area contributed by atoms with Crippen LogP contribution in [-0.2, 0) is 4.79 Å². The second-order valence-corrected chi connectivity index (χ2v) is 10.7. The third-order valence-corrected chi connectivity index (χ3v) is 8.17. The molecule has 0 aliphatic carbocycles. The number of fused-ring (bicyclic) bond motifs is 1. The number of aromatic nitrogens is 2. The number of piperazine rings is 1. The fourth-order valence-electron chi connectivity index (χ4n) is 5.90. The number of anilines is 3. The van der Waals surface area contributed by atoms with Crippen LogP contribution in [0.1, 0.15) is 30.1 Å². The summed E-state index contributed by atoms with van der Waals surface area (Å²) in [5, 5.41) is 8.00. The number of ether oxygens (including phenoxy) is 1. The molecule has 0 bridgehead atoms. The van der Waals surface area contributed by atoms with Crippen molar-refractivity contribution >= 4 is 39.9 Å². The molecule has 10 heteroatoms. The van der Waals surface area contributed by atoms with Crippen molar-refractivity contribution in [2.24, 2.45) is 5.73 Å². The number of para-hydroxylation sites is 1. The molecule has 3 aromatic carbocycles. The predicted octanol–water partition coefficient (Wildman–Crippen LogP) is 3.63. The van der Waals surface area contributed by atoms with Crippen LogP contribution in [0.3, 0.4) is 0 Å². The van der Waals surface area contributed by atoms with Gasteiger partial charge in [0.15, 0.2) is 5.82 Å². The highest BCUT2D eigenvalue weighted by atomic mass is 16.5. The fraction of sp³-hybridized carbons (Fsp3) is 0.323. The Balaban J connectivity index is 1.29. The van der Waals surface area contributed by atoms with E-state index in [0.717, 1.165) is 66.7 Å². The van der Waals surface area contributed by atoms with Crippen molar-refractivity contribution in [1.82, 2.24) is 15.1 Å². The molecule has 10 nitrogen and oxygen atoms in total. The minimum Gasteiger partial charge on any atom is -0.489 e. The topological polar surface area (TPSA) is 134 Å². The summed E-state index contributed by atoms with van der Waals surface area (Å²) in [7, 11) is 0. The summed E-state index contributed by atoms with van der Waals surface area (Å²) in [5.74, 6) is 0.671. The van der Waals surface area contributed by atoms with Gasteiger partial charge in [0.1, 0.15) is 11.9 Å². The van der Waals surface area contributed by atoms with Gasteiger partial charge in [-0.1, -0.05) is 24.3 Å². The number of nitrogens with zero attached hydrogens (tertiary/aromatic N) is 4. The first-order valence-electron chi connectivity index (χ1n) is 14.1. The first-order valence-corrected chi connectivity index (χ1v) is 14.1. The molecular formula is C31H35N7O3. The summed E-state index contributed by atoms with van der Waals surface area (Å²) >= 11 is 0. The molecule has 0 radical (unpaired) electrons. The minimum absolute atomic E-state index is 0.0351. The quantitative estimate of drug-likeness (QED) is 0.332. The summed E-state index contributed by atoms with van der Waals surface area (Å²) in [6, 6.07) is 20.1. The third-order valence-electron chi connectivity index (χ3n) is 8.17. The first-order chi connectivity index (χ1) is 19.9. The molecule has 2 aliphatic rings. The third kappa shape index (κ3) is 5.37. The zero-order valence-electron chi connectivity index (χ0n) is 23.2. The van der Waals surface area contributed by atoms with Gasteiger partial charge < -0.3 is 30.9 Å². The summed E-state index contributed by atoms with van der Waals surface area (Å²) in [5.41, 5.74) is 17.2. The van der Waals surface area contributed by atoms with E-state index in [1.807, 2.05) is 47.4 Å². The van der Waals surface area contributed by atoms with Crippen LogP contribution in [0.2, 0.25) is 0 Å². The molecule has 0 spiro atoms. The Morgan fingerprint density at radius 3 is 2.29 bits per heavy atom. The van der Waals surface area contributed by atoms with Crippen LogP contribution in [0.4, 0.5) is 17.2 Å². The Kier molecular flexibility index (Phi) is 7.13.